The molecule has 1 aromatic rings. The van der Waals surface area contributed by atoms with Crippen LogP contribution in [0, 0.1) is 6.92 Å². The third-order valence-electron chi connectivity index (χ3n) is 3.29. The molecule has 0 radical (unpaired) electrons. The molecule has 0 spiro atoms. The number of sulfonamides is 1. The second kappa shape index (κ2) is 8.63. The Bertz CT molecular complexity index is 706. The van der Waals surface area contributed by atoms with Gasteiger partial charge in [-0.25, -0.2) is 13.1 Å². The molecule has 0 bridgehead atoms. The molecule has 0 saturated heterocycles. The number of rotatable bonds is 8. The maximum Gasteiger partial charge on any atom is 0.401 e. The summed E-state index contributed by atoms with van der Waals surface area (Å²) in [6, 6.07) is 4.31. The third kappa shape index (κ3) is 7.84. The number of alkyl halides is 3. The highest BCUT2D eigenvalue weighted by Gasteiger charge is 2.28. The Morgan fingerprint density at radius 2 is 1.92 bits per heavy atom. The van der Waals surface area contributed by atoms with Crippen molar-refractivity contribution in [2.75, 3.05) is 32.0 Å². The minimum atomic E-state index is -4.28. The highest BCUT2D eigenvalue weighted by Crippen LogP contribution is 2.20. The topological polar surface area (TPSA) is 78.5 Å². The van der Waals surface area contributed by atoms with E-state index in [-0.39, 0.29) is 30.3 Å². The molecule has 0 fully saturated rings. The van der Waals surface area contributed by atoms with Gasteiger partial charge in [-0.2, -0.15) is 13.2 Å². The van der Waals surface area contributed by atoms with E-state index < -0.39 is 22.7 Å². The smallest absolute Gasteiger partial charge is 0.326 e. The quantitative estimate of drug-likeness (QED) is 0.676. The SMILES string of the molecule is CC(=O)Nc1cc(S(=O)(=O)NCCCN(C)CC(F)(F)F)ccc1C. The van der Waals surface area contributed by atoms with Crippen molar-refractivity contribution in [3.63, 3.8) is 0 Å². The van der Waals surface area contributed by atoms with Crippen molar-refractivity contribution in [1.29, 1.82) is 0 Å². The lowest BCUT2D eigenvalue weighted by atomic mass is 10.2. The highest BCUT2D eigenvalue weighted by atomic mass is 32.2. The maximum absolute atomic E-state index is 12.2. The molecule has 0 atom stereocenters. The minimum Gasteiger partial charge on any atom is -0.326 e. The van der Waals surface area contributed by atoms with Crippen LogP contribution < -0.4 is 10.0 Å². The van der Waals surface area contributed by atoms with Crippen molar-refractivity contribution < 1.29 is 26.4 Å². The molecule has 0 saturated carbocycles. The molecule has 0 aliphatic carbocycles. The third-order valence-corrected chi connectivity index (χ3v) is 4.75. The molecule has 1 aromatic carbocycles. The zero-order chi connectivity index (χ0) is 19.3. The molecule has 0 aliphatic heterocycles. The lowest BCUT2D eigenvalue weighted by Crippen LogP contribution is -2.33. The maximum atomic E-state index is 12.2. The van der Waals surface area contributed by atoms with Crippen LogP contribution >= 0.6 is 0 Å². The van der Waals surface area contributed by atoms with E-state index >= 15 is 0 Å². The van der Waals surface area contributed by atoms with Crippen LogP contribution in [0.4, 0.5) is 18.9 Å². The van der Waals surface area contributed by atoms with Gasteiger partial charge in [-0.3, -0.25) is 9.69 Å². The van der Waals surface area contributed by atoms with Crippen molar-refractivity contribution in [2.24, 2.45) is 0 Å². The van der Waals surface area contributed by atoms with E-state index in [1.807, 2.05) is 0 Å². The Labute approximate surface area is 145 Å². The average molecular weight is 381 g/mol. The second-order valence-corrected chi connectivity index (χ2v) is 7.53. The van der Waals surface area contributed by atoms with Crippen LogP contribution in [0.1, 0.15) is 18.9 Å². The summed E-state index contributed by atoms with van der Waals surface area (Å²) < 4.78 is 63.4. The van der Waals surface area contributed by atoms with E-state index in [9.17, 15) is 26.4 Å². The Kier molecular flexibility index (Phi) is 7.39. The summed E-state index contributed by atoms with van der Waals surface area (Å²) in [5, 5.41) is 2.55. The number of nitrogens with one attached hydrogen (secondary N) is 2. The summed E-state index contributed by atoms with van der Waals surface area (Å²) in [7, 11) is -2.49. The average Bonchev–Trinajstić information content (AvgIpc) is 2.43. The molecule has 0 aliphatic rings. The first kappa shape index (κ1) is 21.4. The fraction of sp³-hybridized carbons (Fsp3) is 0.533. The van der Waals surface area contributed by atoms with E-state index in [0.29, 0.717) is 11.3 Å². The van der Waals surface area contributed by atoms with Crippen LogP contribution in [0.5, 0.6) is 0 Å². The van der Waals surface area contributed by atoms with Crippen molar-refractivity contribution in [3.8, 4) is 0 Å². The van der Waals surface area contributed by atoms with E-state index in [1.54, 1.807) is 13.0 Å². The first-order chi connectivity index (χ1) is 11.4. The van der Waals surface area contributed by atoms with Crippen molar-refractivity contribution in [2.45, 2.75) is 31.3 Å². The van der Waals surface area contributed by atoms with Crippen molar-refractivity contribution in [1.82, 2.24) is 9.62 Å². The van der Waals surface area contributed by atoms with Crippen LogP contribution in [0.2, 0.25) is 0 Å². The number of nitrogens with zero attached hydrogens (tertiary/aromatic N) is 1. The molecule has 1 rings (SSSR count). The van der Waals surface area contributed by atoms with Gasteiger partial charge in [0.25, 0.3) is 0 Å². The number of anilines is 1. The molecule has 0 aromatic heterocycles. The van der Waals surface area contributed by atoms with E-state index in [4.69, 9.17) is 0 Å². The van der Waals surface area contributed by atoms with E-state index in [2.05, 4.69) is 10.0 Å². The molecule has 0 unspecified atom stereocenters. The summed E-state index contributed by atoms with van der Waals surface area (Å²) in [6.07, 6.45) is -4.05. The predicted octanol–water partition coefficient (Wildman–Crippen LogP) is 2.12. The van der Waals surface area contributed by atoms with Gasteiger partial charge < -0.3 is 5.32 Å². The number of aryl methyl sites for hydroxylation is 1. The van der Waals surface area contributed by atoms with Gasteiger partial charge in [0.15, 0.2) is 0 Å². The number of carbonyl (C=O) groups excluding carboxylic acids is 1. The monoisotopic (exact) mass is 381 g/mol. The van der Waals surface area contributed by atoms with Gasteiger partial charge in [-0.05, 0) is 44.6 Å². The first-order valence-corrected chi connectivity index (χ1v) is 9.02. The Hall–Kier alpha value is -1.65. The Balaban J connectivity index is 2.63. The molecule has 1 amide bonds. The van der Waals surface area contributed by atoms with E-state index in [1.165, 1.54) is 26.1 Å². The summed E-state index contributed by atoms with van der Waals surface area (Å²) >= 11 is 0. The largest absolute Gasteiger partial charge is 0.401 e. The number of hydrogen-bond donors (Lipinski definition) is 2. The first-order valence-electron chi connectivity index (χ1n) is 7.54. The number of benzene rings is 1. The van der Waals surface area contributed by atoms with Gasteiger partial charge in [0, 0.05) is 19.2 Å². The molecule has 2 N–H and O–H groups in total. The van der Waals surface area contributed by atoms with Gasteiger partial charge >= 0.3 is 6.18 Å². The van der Waals surface area contributed by atoms with Crippen molar-refractivity contribution >= 4 is 21.6 Å². The van der Waals surface area contributed by atoms with Crippen molar-refractivity contribution in [3.05, 3.63) is 23.8 Å². The van der Waals surface area contributed by atoms with Crippen LogP contribution in [0.15, 0.2) is 23.1 Å². The van der Waals surface area contributed by atoms with Gasteiger partial charge in [0.1, 0.15) is 0 Å². The Morgan fingerprint density at radius 3 is 2.48 bits per heavy atom. The number of carbonyl (C=O) groups is 1. The molecule has 25 heavy (non-hydrogen) atoms. The van der Waals surface area contributed by atoms with E-state index in [0.717, 1.165) is 4.90 Å². The molecular weight excluding hydrogens is 359 g/mol. The van der Waals surface area contributed by atoms with Crippen LogP contribution in [0.25, 0.3) is 0 Å². The number of amides is 1. The zero-order valence-electron chi connectivity index (χ0n) is 14.3. The van der Waals surface area contributed by atoms with Gasteiger partial charge in [0.2, 0.25) is 15.9 Å². The van der Waals surface area contributed by atoms with Gasteiger partial charge in [-0.15, -0.1) is 0 Å². The summed E-state index contributed by atoms with van der Waals surface area (Å²) in [5.74, 6) is -0.321. The lowest BCUT2D eigenvalue weighted by molar-refractivity contribution is -0.143. The standard InChI is InChI=1S/C15H22F3N3O3S/c1-11-5-6-13(9-14(11)20-12(2)22)25(23,24)19-7-4-8-21(3)10-15(16,17)18/h5-6,9,19H,4,7-8,10H2,1-3H3,(H,20,22). The minimum absolute atomic E-state index is 0.00781. The number of halogens is 3. The fourth-order valence-electron chi connectivity index (χ4n) is 2.12. The summed E-state index contributed by atoms with van der Waals surface area (Å²) in [6.45, 7) is 2.11. The molecule has 142 valence electrons. The molecular formula is C15H22F3N3O3S. The normalized spacial score (nSPS) is 12.4. The molecule has 10 heteroatoms. The van der Waals surface area contributed by atoms with Crippen LogP contribution in [0.3, 0.4) is 0 Å². The summed E-state index contributed by atoms with van der Waals surface area (Å²) in [5.41, 5.74) is 1.10. The lowest BCUT2D eigenvalue weighted by Gasteiger charge is -2.18. The van der Waals surface area contributed by atoms with Gasteiger partial charge in [0.05, 0.1) is 11.4 Å². The van der Waals surface area contributed by atoms with Crippen LogP contribution in [-0.2, 0) is 14.8 Å². The predicted molar refractivity (Wildman–Crippen MR) is 88.8 cm³/mol. The fourth-order valence-corrected chi connectivity index (χ4v) is 3.22. The number of hydrogen-bond acceptors (Lipinski definition) is 4. The highest BCUT2D eigenvalue weighted by molar-refractivity contribution is 7.89. The Morgan fingerprint density at radius 1 is 1.28 bits per heavy atom. The summed E-state index contributed by atoms with van der Waals surface area (Å²) in [4.78, 5) is 12.2. The zero-order valence-corrected chi connectivity index (χ0v) is 15.1. The molecule has 6 nitrogen and oxygen atoms in total. The molecule has 0 heterocycles. The second-order valence-electron chi connectivity index (χ2n) is 5.76. The van der Waals surface area contributed by atoms with Crippen LogP contribution in [-0.4, -0.2) is 52.1 Å². The van der Waals surface area contributed by atoms with Gasteiger partial charge in [-0.1, -0.05) is 6.07 Å².